The van der Waals surface area contributed by atoms with Crippen molar-refractivity contribution in [2.45, 2.75) is 51.2 Å². The van der Waals surface area contributed by atoms with E-state index in [4.69, 9.17) is 14.6 Å². The fraction of sp³-hybridized carbons (Fsp3) is 0.846. The molecule has 1 amide bonds. The van der Waals surface area contributed by atoms with Crippen LogP contribution >= 0.6 is 0 Å². The Kier molecular flexibility index (Phi) is 6.24. The molecule has 1 heterocycles. The van der Waals surface area contributed by atoms with Crippen LogP contribution in [-0.2, 0) is 19.1 Å². The quantitative estimate of drug-likeness (QED) is 0.721. The van der Waals surface area contributed by atoms with Gasteiger partial charge in [-0.2, -0.15) is 0 Å². The van der Waals surface area contributed by atoms with Gasteiger partial charge >= 0.3 is 5.97 Å². The maximum absolute atomic E-state index is 11.7. The number of aliphatic carboxylic acids is 1. The minimum Gasteiger partial charge on any atom is -0.480 e. The zero-order chi connectivity index (χ0) is 14.3. The van der Waals surface area contributed by atoms with E-state index in [0.717, 1.165) is 12.8 Å². The molecule has 1 aliphatic rings. The lowest BCUT2D eigenvalue weighted by Crippen LogP contribution is -2.51. The van der Waals surface area contributed by atoms with Crippen LogP contribution in [0.2, 0.25) is 0 Å². The third-order valence-corrected chi connectivity index (χ3v) is 3.45. The van der Waals surface area contributed by atoms with E-state index < -0.39 is 11.5 Å². The van der Waals surface area contributed by atoms with Crippen LogP contribution in [-0.4, -0.2) is 48.4 Å². The topological polar surface area (TPSA) is 84.9 Å². The van der Waals surface area contributed by atoms with Crippen LogP contribution in [0.5, 0.6) is 0 Å². The highest BCUT2D eigenvalue weighted by Gasteiger charge is 2.32. The van der Waals surface area contributed by atoms with E-state index >= 15 is 0 Å². The van der Waals surface area contributed by atoms with E-state index in [9.17, 15) is 9.59 Å². The lowest BCUT2D eigenvalue weighted by molar-refractivity contribution is -0.147. The second-order valence-corrected chi connectivity index (χ2v) is 4.97. The van der Waals surface area contributed by atoms with E-state index in [-0.39, 0.29) is 18.4 Å². The summed E-state index contributed by atoms with van der Waals surface area (Å²) in [6.45, 7) is 4.95. The third kappa shape index (κ3) is 5.16. The van der Waals surface area contributed by atoms with Gasteiger partial charge in [0.1, 0.15) is 5.54 Å². The first-order valence-corrected chi connectivity index (χ1v) is 6.71. The van der Waals surface area contributed by atoms with Crippen molar-refractivity contribution in [1.82, 2.24) is 5.32 Å². The summed E-state index contributed by atoms with van der Waals surface area (Å²) in [5.74, 6) is -1.31. The number of amides is 1. The Bertz CT molecular complexity index is 314. The Balaban J connectivity index is 2.25. The van der Waals surface area contributed by atoms with Crippen LogP contribution in [0.1, 0.15) is 39.5 Å². The Morgan fingerprint density at radius 3 is 2.58 bits per heavy atom. The molecule has 0 spiro atoms. The standard InChI is InChI=1S/C13H23NO5/c1-3-13(2,12(16)17)14-11(15)6-9-19-10-4-7-18-8-5-10/h10H,3-9H2,1-2H3,(H,14,15)(H,16,17). The van der Waals surface area contributed by atoms with Crippen molar-refractivity contribution in [3.05, 3.63) is 0 Å². The first-order chi connectivity index (χ1) is 8.98. The zero-order valence-electron chi connectivity index (χ0n) is 11.6. The van der Waals surface area contributed by atoms with Gasteiger partial charge in [0.05, 0.1) is 12.7 Å². The predicted octanol–water partition coefficient (Wildman–Crippen LogP) is 0.942. The highest BCUT2D eigenvalue weighted by Crippen LogP contribution is 2.12. The predicted molar refractivity (Wildman–Crippen MR) is 68.9 cm³/mol. The number of carbonyl (C=O) groups is 2. The van der Waals surface area contributed by atoms with Gasteiger partial charge in [-0.15, -0.1) is 0 Å². The Hall–Kier alpha value is -1.14. The van der Waals surface area contributed by atoms with Gasteiger partial charge in [-0.05, 0) is 26.2 Å². The molecular formula is C13H23NO5. The summed E-state index contributed by atoms with van der Waals surface area (Å²) in [7, 11) is 0. The molecule has 0 aliphatic carbocycles. The minimum atomic E-state index is -1.20. The van der Waals surface area contributed by atoms with Gasteiger partial charge in [0, 0.05) is 19.6 Å². The number of hydrogen-bond acceptors (Lipinski definition) is 4. The maximum Gasteiger partial charge on any atom is 0.329 e. The molecule has 0 bridgehead atoms. The molecule has 19 heavy (non-hydrogen) atoms. The van der Waals surface area contributed by atoms with Crippen LogP contribution in [0.25, 0.3) is 0 Å². The summed E-state index contributed by atoms with van der Waals surface area (Å²) in [4.78, 5) is 22.7. The second-order valence-electron chi connectivity index (χ2n) is 4.97. The molecule has 6 nitrogen and oxygen atoms in total. The number of ether oxygens (including phenoxy) is 2. The van der Waals surface area contributed by atoms with Crippen LogP contribution in [0.15, 0.2) is 0 Å². The molecule has 1 unspecified atom stereocenters. The van der Waals surface area contributed by atoms with Gasteiger partial charge in [0.2, 0.25) is 5.91 Å². The average Bonchev–Trinajstić information content (AvgIpc) is 2.39. The van der Waals surface area contributed by atoms with E-state index in [1.54, 1.807) is 6.92 Å². The van der Waals surface area contributed by atoms with E-state index in [2.05, 4.69) is 5.32 Å². The summed E-state index contributed by atoms with van der Waals surface area (Å²) in [6.07, 6.45) is 2.38. The van der Waals surface area contributed by atoms with Crippen molar-refractivity contribution < 1.29 is 24.2 Å². The first kappa shape index (κ1) is 15.9. The number of carbonyl (C=O) groups excluding carboxylic acids is 1. The largest absolute Gasteiger partial charge is 0.480 e. The smallest absolute Gasteiger partial charge is 0.329 e. The molecular weight excluding hydrogens is 250 g/mol. The molecule has 1 saturated heterocycles. The van der Waals surface area contributed by atoms with Crippen molar-refractivity contribution >= 4 is 11.9 Å². The summed E-state index contributed by atoms with van der Waals surface area (Å²) < 4.78 is 10.8. The van der Waals surface area contributed by atoms with Gasteiger partial charge in [-0.3, -0.25) is 4.79 Å². The monoisotopic (exact) mass is 273 g/mol. The van der Waals surface area contributed by atoms with Crippen molar-refractivity contribution in [3.8, 4) is 0 Å². The molecule has 0 aromatic carbocycles. The molecule has 1 rings (SSSR count). The molecule has 0 radical (unpaired) electrons. The molecule has 0 aromatic heterocycles. The van der Waals surface area contributed by atoms with Crippen LogP contribution < -0.4 is 5.32 Å². The first-order valence-electron chi connectivity index (χ1n) is 6.71. The molecule has 110 valence electrons. The number of carboxylic acid groups (broad SMARTS) is 1. The summed E-state index contributed by atoms with van der Waals surface area (Å²) >= 11 is 0. The average molecular weight is 273 g/mol. The number of carboxylic acids is 1. The lowest BCUT2D eigenvalue weighted by atomic mass is 9.99. The highest BCUT2D eigenvalue weighted by molar-refractivity contribution is 5.86. The van der Waals surface area contributed by atoms with Gasteiger partial charge < -0.3 is 19.9 Å². The van der Waals surface area contributed by atoms with Crippen molar-refractivity contribution in [2.75, 3.05) is 19.8 Å². The van der Waals surface area contributed by atoms with E-state index in [1.807, 2.05) is 0 Å². The van der Waals surface area contributed by atoms with Crippen LogP contribution in [0.4, 0.5) is 0 Å². The molecule has 0 aromatic rings. The fourth-order valence-electron chi connectivity index (χ4n) is 1.82. The zero-order valence-corrected chi connectivity index (χ0v) is 11.6. The molecule has 1 aliphatic heterocycles. The summed E-state index contributed by atoms with van der Waals surface area (Å²) in [5, 5.41) is 11.6. The van der Waals surface area contributed by atoms with E-state index in [1.165, 1.54) is 6.92 Å². The van der Waals surface area contributed by atoms with Crippen LogP contribution in [0, 0.1) is 0 Å². The molecule has 2 N–H and O–H groups in total. The summed E-state index contributed by atoms with van der Waals surface area (Å²) in [6, 6.07) is 0. The van der Waals surface area contributed by atoms with Crippen molar-refractivity contribution in [1.29, 1.82) is 0 Å². The normalized spacial score (nSPS) is 19.7. The lowest BCUT2D eigenvalue weighted by Gasteiger charge is -2.25. The van der Waals surface area contributed by atoms with Gasteiger partial charge in [-0.1, -0.05) is 6.92 Å². The fourth-order valence-corrected chi connectivity index (χ4v) is 1.82. The Morgan fingerprint density at radius 2 is 2.05 bits per heavy atom. The van der Waals surface area contributed by atoms with Gasteiger partial charge in [0.25, 0.3) is 0 Å². The molecule has 1 atom stereocenters. The maximum atomic E-state index is 11.7. The summed E-state index contributed by atoms with van der Waals surface area (Å²) in [5.41, 5.74) is -1.20. The number of nitrogens with one attached hydrogen (secondary N) is 1. The third-order valence-electron chi connectivity index (χ3n) is 3.45. The Morgan fingerprint density at radius 1 is 1.42 bits per heavy atom. The SMILES string of the molecule is CCC(C)(NC(=O)CCOC1CCOCC1)C(=O)O. The molecule has 0 saturated carbocycles. The minimum absolute atomic E-state index is 0.151. The van der Waals surface area contributed by atoms with Crippen molar-refractivity contribution in [2.24, 2.45) is 0 Å². The highest BCUT2D eigenvalue weighted by atomic mass is 16.5. The van der Waals surface area contributed by atoms with Gasteiger partial charge in [0.15, 0.2) is 0 Å². The second kappa shape index (κ2) is 7.45. The molecule has 1 fully saturated rings. The number of hydrogen-bond donors (Lipinski definition) is 2. The van der Waals surface area contributed by atoms with Gasteiger partial charge in [-0.25, -0.2) is 4.79 Å². The molecule has 6 heteroatoms. The van der Waals surface area contributed by atoms with Crippen molar-refractivity contribution in [3.63, 3.8) is 0 Å². The number of rotatable bonds is 7. The Labute approximate surface area is 113 Å². The van der Waals surface area contributed by atoms with E-state index in [0.29, 0.717) is 26.2 Å². The van der Waals surface area contributed by atoms with Crippen LogP contribution in [0.3, 0.4) is 0 Å².